The molecule has 0 N–H and O–H groups in total. The zero-order valence-corrected chi connectivity index (χ0v) is 41.1. The summed E-state index contributed by atoms with van der Waals surface area (Å²) in [5, 5.41) is 5.25. The number of hydrogen-bond acceptors (Lipinski definition) is 3. The number of benzene rings is 7. The van der Waals surface area contributed by atoms with Crippen LogP contribution in [-0.4, -0.2) is 31.8 Å². The summed E-state index contributed by atoms with van der Waals surface area (Å²) in [4.78, 5) is 3.44. The van der Waals surface area contributed by atoms with E-state index < -0.39 is 9.84 Å². The minimum atomic E-state index is -3.89. The number of fused-ring (bicyclic) bond motifs is 8. The lowest BCUT2D eigenvalue weighted by Crippen LogP contribution is -2.37. The molecule has 2 fully saturated rings. The first kappa shape index (κ1) is 44.6. The number of sulfone groups is 1. The van der Waals surface area contributed by atoms with E-state index in [-0.39, 0.29) is 10.8 Å². The van der Waals surface area contributed by atoms with Crippen LogP contribution < -0.4 is 4.90 Å². The average molecular weight is 936 g/mol. The SMILES string of the molecule is O=S(=O)(C1=C(/C=C/C2=[N+](CCc3ccccc3)c3ccc4ccccc4c3C23CCCCC3)CC/C1=C\C=C1\N(CCc2ccccc2)c2ccc3ccccc3c2C12CCCCC2)c1ccccc1. The van der Waals surface area contributed by atoms with Gasteiger partial charge in [0, 0.05) is 47.5 Å². The van der Waals surface area contributed by atoms with Gasteiger partial charge in [0.2, 0.25) is 15.5 Å². The lowest BCUT2D eigenvalue weighted by Gasteiger charge is -2.37. The third-order valence-electron chi connectivity index (χ3n) is 16.7. The van der Waals surface area contributed by atoms with E-state index in [1.165, 1.54) is 105 Å². The molecule has 0 aromatic heterocycles. The quantitative estimate of drug-likeness (QED) is 0.121. The molecular weight excluding hydrogens is 873 g/mol. The van der Waals surface area contributed by atoms with Gasteiger partial charge in [-0.2, -0.15) is 4.58 Å². The van der Waals surface area contributed by atoms with Crippen LogP contribution >= 0.6 is 0 Å². The Bertz CT molecular complexity index is 3390. The van der Waals surface area contributed by atoms with Crippen molar-refractivity contribution in [3.63, 3.8) is 0 Å². The number of allylic oxidation sites excluding steroid dienone is 7. The maximum atomic E-state index is 15.4. The third kappa shape index (κ3) is 7.73. The van der Waals surface area contributed by atoms with Crippen LogP contribution in [0.4, 0.5) is 11.4 Å². The van der Waals surface area contributed by atoms with E-state index in [0.717, 1.165) is 62.8 Å². The van der Waals surface area contributed by atoms with E-state index >= 15 is 8.42 Å². The normalized spacial score (nSPS) is 19.7. The van der Waals surface area contributed by atoms with Crippen LogP contribution in [0.15, 0.2) is 215 Å². The first-order chi connectivity index (χ1) is 34.4. The summed E-state index contributed by atoms with van der Waals surface area (Å²) < 4.78 is 33.3. The summed E-state index contributed by atoms with van der Waals surface area (Å²) in [6.45, 7) is 1.70. The molecule has 3 aliphatic carbocycles. The van der Waals surface area contributed by atoms with Gasteiger partial charge < -0.3 is 4.90 Å². The standard InChI is InChI=1S/C65H63N2O2S/c68-70(69,54-26-10-3-11-27-54)63-52(34-38-59-64(42-16-4-17-43-64)61-55-28-14-12-24-50(55)32-36-57(61)66(59)46-40-48-20-6-1-7-21-48)30-31-53(63)35-39-60-65(44-18-5-19-45-65)62-56-29-15-13-25-51(56)33-37-58(62)67(60)47-41-49-22-8-2-9-23-49/h1-3,6-15,20-29,32-39H,4-5,16-19,30-31,40-47H2/q+1. The molecule has 70 heavy (non-hydrogen) atoms. The summed E-state index contributed by atoms with van der Waals surface area (Å²) >= 11 is 0. The second-order valence-corrected chi connectivity index (χ2v) is 22.4. The zero-order valence-electron chi connectivity index (χ0n) is 40.3. The molecule has 2 heterocycles. The van der Waals surface area contributed by atoms with Crippen molar-refractivity contribution in [3.05, 3.63) is 232 Å². The van der Waals surface area contributed by atoms with Gasteiger partial charge in [0.15, 0.2) is 12.3 Å². The lowest BCUT2D eigenvalue weighted by atomic mass is 9.66. The molecule has 12 rings (SSSR count). The minimum Gasteiger partial charge on any atom is -0.344 e. The summed E-state index contributed by atoms with van der Waals surface area (Å²) in [5.41, 5.74) is 12.3. The van der Waals surface area contributed by atoms with Crippen molar-refractivity contribution in [3.8, 4) is 0 Å². The predicted octanol–water partition coefficient (Wildman–Crippen LogP) is 15.4. The molecule has 0 amide bonds. The number of nitrogens with zero attached hydrogens (tertiary/aromatic N) is 2. The first-order valence-corrected chi connectivity index (χ1v) is 27.6. The van der Waals surface area contributed by atoms with Gasteiger partial charge in [0.1, 0.15) is 0 Å². The predicted molar refractivity (Wildman–Crippen MR) is 290 cm³/mol. The number of hydrogen-bond donors (Lipinski definition) is 0. The Morgan fingerprint density at radius 3 is 1.77 bits per heavy atom. The molecule has 4 nitrogen and oxygen atoms in total. The number of anilines is 1. The Morgan fingerprint density at radius 1 is 0.529 bits per heavy atom. The zero-order chi connectivity index (χ0) is 47.1. The van der Waals surface area contributed by atoms with Crippen LogP contribution in [0.2, 0.25) is 0 Å². The second kappa shape index (κ2) is 18.6. The first-order valence-electron chi connectivity index (χ1n) is 26.1. The maximum absolute atomic E-state index is 15.4. The van der Waals surface area contributed by atoms with E-state index in [1.807, 2.05) is 18.2 Å². The highest BCUT2D eigenvalue weighted by molar-refractivity contribution is 7.95. The van der Waals surface area contributed by atoms with Crippen molar-refractivity contribution in [1.82, 2.24) is 0 Å². The molecule has 0 unspecified atom stereocenters. The van der Waals surface area contributed by atoms with Crippen LogP contribution in [0, 0.1) is 0 Å². The Balaban J connectivity index is 1.02. The Hall–Kier alpha value is -6.56. The Morgan fingerprint density at radius 2 is 1.10 bits per heavy atom. The molecule has 7 aromatic rings. The van der Waals surface area contributed by atoms with Gasteiger partial charge in [-0.25, -0.2) is 8.42 Å². The van der Waals surface area contributed by atoms with E-state index in [2.05, 4.69) is 167 Å². The van der Waals surface area contributed by atoms with E-state index in [9.17, 15) is 0 Å². The van der Waals surface area contributed by atoms with Crippen molar-refractivity contribution in [2.75, 3.05) is 18.0 Å². The lowest BCUT2D eigenvalue weighted by molar-refractivity contribution is -0.437. The maximum Gasteiger partial charge on any atom is 0.210 e. The van der Waals surface area contributed by atoms with Crippen LogP contribution in [-0.2, 0) is 33.5 Å². The van der Waals surface area contributed by atoms with E-state index in [0.29, 0.717) is 22.6 Å². The molecule has 2 aliphatic heterocycles. The molecule has 2 spiro atoms. The molecule has 5 aliphatic rings. The van der Waals surface area contributed by atoms with Crippen LogP contribution in [0.5, 0.6) is 0 Å². The summed E-state index contributed by atoms with van der Waals surface area (Å²) in [7, 11) is -3.89. The third-order valence-corrected chi connectivity index (χ3v) is 18.7. The molecule has 0 saturated heterocycles. The van der Waals surface area contributed by atoms with Gasteiger partial charge in [0.25, 0.3) is 0 Å². The monoisotopic (exact) mass is 935 g/mol. The molecule has 2 saturated carbocycles. The summed E-state index contributed by atoms with van der Waals surface area (Å²) in [6, 6.07) is 58.1. The fourth-order valence-electron chi connectivity index (χ4n) is 13.5. The van der Waals surface area contributed by atoms with Crippen molar-refractivity contribution in [2.24, 2.45) is 0 Å². The fourth-order valence-corrected chi connectivity index (χ4v) is 15.3. The Kier molecular flexibility index (Phi) is 11.9. The summed E-state index contributed by atoms with van der Waals surface area (Å²) in [5.74, 6) is 0. The van der Waals surface area contributed by atoms with E-state index in [1.54, 1.807) is 12.1 Å². The van der Waals surface area contributed by atoms with E-state index in [4.69, 9.17) is 0 Å². The van der Waals surface area contributed by atoms with Gasteiger partial charge in [-0.15, -0.1) is 0 Å². The van der Waals surface area contributed by atoms with Crippen molar-refractivity contribution in [1.29, 1.82) is 0 Å². The van der Waals surface area contributed by atoms with Gasteiger partial charge >= 0.3 is 0 Å². The highest BCUT2D eigenvalue weighted by atomic mass is 32.2. The van der Waals surface area contributed by atoms with Gasteiger partial charge in [-0.1, -0.05) is 184 Å². The summed E-state index contributed by atoms with van der Waals surface area (Å²) in [6.07, 6.45) is 23.9. The van der Waals surface area contributed by atoms with Crippen molar-refractivity contribution >= 4 is 48.5 Å². The largest absolute Gasteiger partial charge is 0.344 e. The minimum absolute atomic E-state index is 0.151. The molecule has 0 radical (unpaired) electrons. The Labute approximate surface area is 415 Å². The highest BCUT2D eigenvalue weighted by Gasteiger charge is 2.53. The van der Waals surface area contributed by atoms with Gasteiger partial charge in [0.05, 0.1) is 15.2 Å². The smallest absolute Gasteiger partial charge is 0.210 e. The molecule has 0 atom stereocenters. The molecule has 5 heteroatoms. The average Bonchev–Trinajstić information content (AvgIpc) is 4.03. The molecule has 350 valence electrons. The van der Waals surface area contributed by atoms with Crippen molar-refractivity contribution in [2.45, 2.75) is 106 Å². The van der Waals surface area contributed by atoms with Crippen LogP contribution in [0.3, 0.4) is 0 Å². The van der Waals surface area contributed by atoms with Gasteiger partial charge in [-0.3, -0.25) is 0 Å². The molecular formula is C65H63N2O2S+. The van der Waals surface area contributed by atoms with Crippen LogP contribution in [0.25, 0.3) is 21.5 Å². The second-order valence-electron chi connectivity index (χ2n) is 20.6. The molecule has 7 aromatic carbocycles. The molecule has 0 bridgehead atoms. The fraction of sp³-hybridized carbons (Fsp3) is 0.277. The van der Waals surface area contributed by atoms with Crippen LogP contribution in [0.1, 0.15) is 99.3 Å². The van der Waals surface area contributed by atoms with Crippen molar-refractivity contribution < 1.29 is 13.0 Å². The van der Waals surface area contributed by atoms with Gasteiger partial charge in [-0.05, 0) is 125 Å². The number of rotatable bonds is 11. The highest BCUT2D eigenvalue weighted by Crippen LogP contribution is 2.58. The topological polar surface area (TPSA) is 40.4 Å².